The molecule has 6 rings (SSSR count). The predicted molar refractivity (Wildman–Crippen MR) is 130 cm³/mol. The van der Waals surface area contributed by atoms with Crippen molar-refractivity contribution in [1.82, 2.24) is 28.9 Å². The number of imidazole rings is 1. The Kier molecular flexibility index (Phi) is 4.96. The molecule has 180 valence electrons. The number of rotatable bonds is 5. The van der Waals surface area contributed by atoms with Gasteiger partial charge in [0.25, 0.3) is 12.0 Å². The van der Waals surface area contributed by atoms with Crippen LogP contribution in [-0.2, 0) is 13.6 Å². The zero-order valence-electron chi connectivity index (χ0n) is 19.6. The van der Waals surface area contributed by atoms with Crippen molar-refractivity contribution < 1.29 is 8.78 Å². The second-order valence-corrected chi connectivity index (χ2v) is 9.20. The van der Waals surface area contributed by atoms with Gasteiger partial charge >= 0.3 is 0 Å². The van der Waals surface area contributed by atoms with E-state index in [0.717, 1.165) is 29.7 Å². The molecule has 1 aliphatic rings. The molecule has 0 radical (unpaired) electrons. The van der Waals surface area contributed by atoms with Gasteiger partial charge in [0.2, 0.25) is 0 Å². The van der Waals surface area contributed by atoms with Crippen molar-refractivity contribution in [3.63, 3.8) is 0 Å². The van der Waals surface area contributed by atoms with E-state index >= 15 is 0 Å². The van der Waals surface area contributed by atoms with E-state index in [1.54, 1.807) is 12.3 Å². The molecule has 0 amide bonds. The Balaban J connectivity index is 1.66. The first-order chi connectivity index (χ1) is 17.4. The van der Waals surface area contributed by atoms with Gasteiger partial charge in [-0.25, -0.2) is 13.8 Å². The summed E-state index contributed by atoms with van der Waals surface area (Å²) in [4.78, 5) is 22.4. The normalized spacial score (nSPS) is 13.7. The van der Waals surface area contributed by atoms with E-state index in [1.165, 1.54) is 23.0 Å². The van der Waals surface area contributed by atoms with Crippen LogP contribution in [0.5, 0.6) is 0 Å². The van der Waals surface area contributed by atoms with Gasteiger partial charge in [-0.2, -0.15) is 15.0 Å². The molecule has 4 aromatic heterocycles. The van der Waals surface area contributed by atoms with Gasteiger partial charge in [-0.15, -0.1) is 0 Å². The summed E-state index contributed by atoms with van der Waals surface area (Å²) in [6.45, 7) is 2.55. The van der Waals surface area contributed by atoms with Crippen LogP contribution >= 0.6 is 0 Å². The Bertz CT molecular complexity index is 1750. The third-order valence-electron chi connectivity index (χ3n) is 6.80. The maximum atomic E-state index is 14.0. The van der Waals surface area contributed by atoms with E-state index in [0.29, 0.717) is 40.3 Å². The van der Waals surface area contributed by atoms with E-state index in [-0.39, 0.29) is 11.3 Å². The zero-order valence-corrected chi connectivity index (χ0v) is 19.6. The lowest BCUT2D eigenvalue weighted by Gasteiger charge is -2.13. The van der Waals surface area contributed by atoms with Crippen molar-refractivity contribution in [2.24, 2.45) is 13.0 Å². The van der Waals surface area contributed by atoms with E-state index in [1.807, 2.05) is 35.2 Å². The number of fused-ring (bicyclic) bond motifs is 2. The first kappa shape index (κ1) is 22.1. The molecule has 1 fully saturated rings. The second-order valence-electron chi connectivity index (χ2n) is 9.20. The average Bonchev–Trinajstić information content (AvgIpc) is 3.57. The Morgan fingerprint density at radius 1 is 1.22 bits per heavy atom. The fourth-order valence-corrected chi connectivity index (χ4v) is 4.61. The van der Waals surface area contributed by atoms with Crippen LogP contribution in [0.4, 0.5) is 8.78 Å². The SMILES string of the molecule is Cc1nc2ccc(-n3nc4c(C#N)cn(CC5CC5)c4c(-c4ccc(C(F)F)nc4)c3=O)cc2n1C. The molecule has 36 heavy (non-hydrogen) atoms. The number of halogens is 2. The standard InChI is InChI=1S/C26H21F2N7O/c1-14-31-19-8-6-18(9-21(19)33(14)2)35-26(36)22(16-5-7-20(25(27)28)30-11-16)24-23(32-35)17(10-29)13-34(24)12-15-3-4-15/h5-9,11,13,15,25H,3-4,12H2,1-2H3. The molecular formula is C26H21F2N7O. The smallest absolute Gasteiger partial charge is 0.281 e. The van der Waals surface area contributed by atoms with Crippen LogP contribution in [0.15, 0.2) is 47.5 Å². The third-order valence-corrected chi connectivity index (χ3v) is 6.80. The van der Waals surface area contributed by atoms with Crippen LogP contribution in [0.2, 0.25) is 0 Å². The van der Waals surface area contributed by atoms with Crippen molar-refractivity contribution in [3.8, 4) is 22.9 Å². The molecule has 1 aromatic carbocycles. The molecule has 0 spiro atoms. The van der Waals surface area contributed by atoms with Crippen LogP contribution in [-0.4, -0.2) is 28.9 Å². The summed E-state index contributed by atoms with van der Waals surface area (Å²) in [5.74, 6) is 1.30. The fourth-order valence-electron chi connectivity index (χ4n) is 4.61. The molecule has 5 aromatic rings. The van der Waals surface area contributed by atoms with E-state index < -0.39 is 12.0 Å². The quantitative estimate of drug-likeness (QED) is 0.361. The molecule has 4 heterocycles. The summed E-state index contributed by atoms with van der Waals surface area (Å²) in [6, 6.07) is 10.3. The number of hydrogen-bond donors (Lipinski definition) is 0. The molecule has 0 aliphatic heterocycles. The molecule has 0 saturated heterocycles. The first-order valence-electron chi connectivity index (χ1n) is 11.6. The van der Waals surface area contributed by atoms with Crippen molar-refractivity contribution in [2.45, 2.75) is 32.7 Å². The lowest BCUT2D eigenvalue weighted by molar-refractivity contribution is 0.146. The van der Waals surface area contributed by atoms with E-state index in [9.17, 15) is 18.8 Å². The maximum absolute atomic E-state index is 14.0. The van der Waals surface area contributed by atoms with Crippen LogP contribution in [0.25, 0.3) is 38.9 Å². The summed E-state index contributed by atoms with van der Waals surface area (Å²) in [5.41, 5.74) is 3.24. The van der Waals surface area contributed by atoms with Crippen molar-refractivity contribution in [2.75, 3.05) is 0 Å². The lowest BCUT2D eigenvalue weighted by Crippen LogP contribution is -2.24. The largest absolute Gasteiger partial charge is 0.344 e. The number of alkyl halides is 2. The Morgan fingerprint density at radius 3 is 2.69 bits per heavy atom. The highest BCUT2D eigenvalue weighted by molar-refractivity contribution is 5.95. The van der Waals surface area contributed by atoms with Crippen LogP contribution in [0.3, 0.4) is 0 Å². The van der Waals surface area contributed by atoms with Gasteiger partial charge < -0.3 is 9.13 Å². The average molecular weight is 485 g/mol. The monoisotopic (exact) mass is 485 g/mol. The predicted octanol–water partition coefficient (Wildman–Crippen LogP) is 4.66. The summed E-state index contributed by atoms with van der Waals surface area (Å²) < 4.78 is 31.4. The van der Waals surface area contributed by atoms with E-state index in [2.05, 4.69) is 21.1 Å². The zero-order chi connectivity index (χ0) is 25.1. The highest BCUT2D eigenvalue weighted by Crippen LogP contribution is 2.35. The van der Waals surface area contributed by atoms with Gasteiger partial charge in [0.05, 0.1) is 33.4 Å². The number of nitriles is 1. The number of aryl methyl sites for hydroxylation is 2. The number of aromatic nitrogens is 6. The van der Waals surface area contributed by atoms with Crippen molar-refractivity contribution in [3.05, 3.63) is 70.2 Å². The molecule has 0 unspecified atom stereocenters. The minimum Gasteiger partial charge on any atom is -0.344 e. The highest BCUT2D eigenvalue weighted by Gasteiger charge is 2.27. The topological polar surface area (TPSA) is 94.3 Å². The second kappa shape index (κ2) is 8.09. The number of nitrogens with zero attached hydrogens (tertiary/aromatic N) is 7. The Labute approximate surface area is 204 Å². The van der Waals surface area contributed by atoms with E-state index in [4.69, 9.17) is 0 Å². The van der Waals surface area contributed by atoms with Crippen LogP contribution in [0.1, 0.15) is 36.3 Å². The molecular weight excluding hydrogens is 464 g/mol. The molecule has 10 heteroatoms. The van der Waals surface area contributed by atoms with Crippen molar-refractivity contribution >= 4 is 22.1 Å². The van der Waals surface area contributed by atoms with Gasteiger partial charge in [-0.05, 0) is 49.9 Å². The molecule has 0 atom stereocenters. The molecule has 0 bridgehead atoms. The van der Waals surface area contributed by atoms with Gasteiger partial charge in [0.15, 0.2) is 0 Å². The van der Waals surface area contributed by atoms with Crippen molar-refractivity contribution in [1.29, 1.82) is 5.26 Å². The first-order valence-corrected chi connectivity index (χ1v) is 11.6. The lowest BCUT2D eigenvalue weighted by atomic mass is 10.1. The van der Waals surface area contributed by atoms with Crippen LogP contribution in [0, 0.1) is 24.2 Å². The minimum absolute atomic E-state index is 0.275. The molecule has 8 nitrogen and oxygen atoms in total. The Morgan fingerprint density at radius 2 is 2.03 bits per heavy atom. The Hall–Kier alpha value is -4.39. The fraction of sp³-hybridized carbons (Fsp3) is 0.269. The summed E-state index contributed by atoms with van der Waals surface area (Å²) in [5, 5.41) is 14.5. The van der Waals surface area contributed by atoms with Gasteiger partial charge in [-0.1, -0.05) is 6.07 Å². The van der Waals surface area contributed by atoms with Gasteiger partial charge in [0, 0.05) is 31.5 Å². The number of pyridine rings is 1. The maximum Gasteiger partial charge on any atom is 0.281 e. The number of benzene rings is 1. The molecule has 0 N–H and O–H groups in total. The molecule has 1 aliphatic carbocycles. The van der Waals surface area contributed by atoms with Gasteiger partial charge in [-0.3, -0.25) is 9.78 Å². The van der Waals surface area contributed by atoms with Crippen LogP contribution < -0.4 is 5.56 Å². The molecule has 1 saturated carbocycles. The van der Waals surface area contributed by atoms with Gasteiger partial charge in [0.1, 0.15) is 23.1 Å². The summed E-state index contributed by atoms with van der Waals surface area (Å²) >= 11 is 0. The minimum atomic E-state index is -2.72. The summed E-state index contributed by atoms with van der Waals surface area (Å²) in [6.07, 6.45) is 2.45. The number of hydrogen-bond acceptors (Lipinski definition) is 5. The third kappa shape index (κ3) is 3.47. The highest BCUT2D eigenvalue weighted by atomic mass is 19.3. The summed E-state index contributed by atoms with van der Waals surface area (Å²) in [7, 11) is 1.89.